The van der Waals surface area contributed by atoms with Crippen LogP contribution in [0.1, 0.15) is 19.3 Å². The van der Waals surface area contributed by atoms with E-state index in [2.05, 4.69) is 29.2 Å². The number of nitrogens with zero attached hydrogens (tertiary/aromatic N) is 2. The first-order valence-electron chi connectivity index (χ1n) is 5.77. The molecule has 0 aromatic rings. The van der Waals surface area contributed by atoms with Crippen LogP contribution < -0.4 is 5.32 Å². The Morgan fingerprint density at radius 3 is 2.71 bits per heavy atom. The summed E-state index contributed by atoms with van der Waals surface area (Å²) in [6, 6.07) is 0.801. The summed E-state index contributed by atoms with van der Waals surface area (Å²) >= 11 is 0. The minimum atomic E-state index is 0.801. The Hall–Kier alpha value is -0.120. The Balaban J connectivity index is 2.26. The van der Waals surface area contributed by atoms with E-state index in [1.165, 1.54) is 38.9 Å². The van der Waals surface area contributed by atoms with E-state index in [0.29, 0.717) is 0 Å². The molecule has 0 amide bonds. The molecule has 1 saturated heterocycles. The molecule has 1 N–H and O–H groups in total. The van der Waals surface area contributed by atoms with Gasteiger partial charge in [-0.1, -0.05) is 0 Å². The second-order valence-electron chi connectivity index (χ2n) is 4.49. The Labute approximate surface area is 88.5 Å². The van der Waals surface area contributed by atoms with Crippen molar-refractivity contribution in [2.75, 3.05) is 47.3 Å². The van der Waals surface area contributed by atoms with E-state index < -0.39 is 0 Å². The molecule has 1 atom stereocenters. The third kappa shape index (κ3) is 3.95. The van der Waals surface area contributed by atoms with Crippen LogP contribution in [0.2, 0.25) is 0 Å². The first-order valence-corrected chi connectivity index (χ1v) is 5.77. The van der Waals surface area contributed by atoms with Gasteiger partial charge in [-0.3, -0.25) is 0 Å². The molecule has 1 unspecified atom stereocenters. The van der Waals surface area contributed by atoms with Crippen LogP contribution in [0.5, 0.6) is 0 Å². The predicted octanol–water partition coefficient (Wildman–Crippen LogP) is 0.622. The molecule has 0 bridgehead atoms. The van der Waals surface area contributed by atoms with Crippen LogP contribution in [-0.4, -0.2) is 63.2 Å². The van der Waals surface area contributed by atoms with Crippen molar-refractivity contribution in [3.63, 3.8) is 0 Å². The smallest absolute Gasteiger partial charge is 0.0107 e. The van der Waals surface area contributed by atoms with Gasteiger partial charge in [0.2, 0.25) is 0 Å². The summed E-state index contributed by atoms with van der Waals surface area (Å²) < 4.78 is 0. The molecule has 84 valence electrons. The van der Waals surface area contributed by atoms with E-state index in [-0.39, 0.29) is 0 Å². The number of rotatable bonds is 4. The van der Waals surface area contributed by atoms with Gasteiger partial charge in [0.15, 0.2) is 0 Å². The van der Waals surface area contributed by atoms with Crippen molar-refractivity contribution in [1.82, 2.24) is 15.1 Å². The van der Waals surface area contributed by atoms with Gasteiger partial charge in [-0.15, -0.1) is 0 Å². The van der Waals surface area contributed by atoms with E-state index >= 15 is 0 Å². The van der Waals surface area contributed by atoms with Crippen LogP contribution in [0.4, 0.5) is 0 Å². The highest BCUT2D eigenvalue weighted by Gasteiger charge is 2.17. The van der Waals surface area contributed by atoms with Crippen molar-refractivity contribution in [1.29, 1.82) is 0 Å². The standard InChI is InChI=1S/C11H25N3/c1-12-7-10-14-8-4-5-11(6-9-14)13(2)3/h11-12H,4-10H2,1-3H3. The molecule has 3 heteroatoms. The monoisotopic (exact) mass is 199 g/mol. The molecule has 0 spiro atoms. The van der Waals surface area contributed by atoms with Crippen molar-refractivity contribution in [3.05, 3.63) is 0 Å². The lowest BCUT2D eigenvalue weighted by atomic mass is 10.1. The summed E-state index contributed by atoms with van der Waals surface area (Å²) in [5.74, 6) is 0. The maximum Gasteiger partial charge on any atom is 0.0107 e. The Morgan fingerprint density at radius 2 is 2.07 bits per heavy atom. The van der Waals surface area contributed by atoms with Gasteiger partial charge < -0.3 is 15.1 Å². The topological polar surface area (TPSA) is 18.5 Å². The van der Waals surface area contributed by atoms with Gasteiger partial charge in [0.25, 0.3) is 0 Å². The first-order chi connectivity index (χ1) is 6.74. The SMILES string of the molecule is CNCCN1CCCC(N(C)C)CC1. The minimum absolute atomic E-state index is 0.801. The fourth-order valence-corrected chi connectivity index (χ4v) is 2.15. The summed E-state index contributed by atoms with van der Waals surface area (Å²) in [7, 11) is 6.43. The number of likely N-dealkylation sites (tertiary alicyclic amines) is 1. The summed E-state index contributed by atoms with van der Waals surface area (Å²) in [4.78, 5) is 4.96. The maximum atomic E-state index is 3.22. The van der Waals surface area contributed by atoms with E-state index in [9.17, 15) is 0 Å². The zero-order valence-corrected chi connectivity index (χ0v) is 9.92. The number of nitrogens with one attached hydrogen (secondary N) is 1. The highest BCUT2D eigenvalue weighted by molar-refractivity contribution is 4.74. The van der Waals surface area contributed by atoms with Gasteiger partial charge in [0.05, 0.1) is 0 Å². The zero-order valence-electron chi connectivity index (χ0n) is 9.92. The van der Waals surface area contributed by atoms with Crippen LogP contribution in [0.25, 0.3) is 0 Å². The van der Waals surface area contributed by atoms with Gasteiger partial charge in [-0.05, 0) is 53.5 Å². The van der Waals surface area contributed by atoms with Gasteiger partial charge in [0.1, 0.15) is 0 Å². The average molecular weight is 199 g/mol. The second kappa shape index (κ2) is 6.38. The molecule has 1 aliphatic heterocycles. The molecule has 1 heterocycles. The lowest BCUT2D eigenvalue weighted by molar-refractivity contribution is 0.250. The van der Waals surface area contributed by atoms with Gasteiger partial charge in [0, 0.05) is 19.1 Å². The average Bonchev–Trinajstić information content (AvgIpc) is 2.39. The van der Waals surface area contributed by atoms with Crippen molar-refractivity contribution in [2.24, 2.45) is 0 Å². The molecule has 0 aromatic carbocycles. The lowest BCUT2D eigenvalue weighted by Crippen LogP contribution is -2.33. The lowest BCUT2D eigenvalue weighted by Gasteiger charge is -2.23. The zero-order chi connectivity index (χ0) is 10.4. The Morgan fingerprint density at radius 1 is 1.29 bits per heavy atom. The molecule has 0 aliphatic carbocycles. The quantitative estimate of drug-likeness (QED) is 0.716. The van der Waals surface area contributed by atoms with Crippen LogP contribution in [0.3, 0.4) is 0 Å². The first kappa shape index (κ1) is 12.0. The van der Waals surface area contributed by atoms with Gasteiger partial charge >= 0.3 is 0 Å². The van der Waals surface area contributed by atoms with Crippen molar-refractivity contribution < 1.29 is 0 Å². The maximum absolute atomic E-state index is 3.22. The highest BCUT2D eigenvalue weighted by Crippen LogP contribution is 2.13. The third-order valence-electron chi connectivity index (χ3n) is 3.20. The van der Waals surface area contributed by atoms with E-state index in [0.717, 1.165) is 12.6 Å². The second-order valence-corrected chi connectivity index (χ2v) is 4.49. The molecule has 3 nitrogen and oxygen atoms in total. The normalized spacial score (nSPS) is 25.3. The Kier molecular flexibility index (Phi) is 5.45. The van der Waals surface area contributed by atoms with E-state index in [1.807, 2.05) is 7.05 Å². The molecule has 1 fully saturated rings. The van der Waals surface area contributed by atoms with E-state index in [1.54, 1.807) is 0 Å². The molecular weight excluding hydrogens is 174 g/mol. The van der Waals surface area contributed by atoms with Crippen LogP contribution in [-0.2, 0) is 0 Å². The fourth-order valence-electron chi connectivity index (χ4n) is 2.15. The van der Waals surface area contributed by atoms with Crippen molar-refractivity contribution in [3.8, 4) is 0 Å². The van der Waals surface area contributed by atoms with Gasteiger partial charge in [-0.2, -0.15) is 0 Å². The van der Waals surface area contributed by atoms with Gasteiger partial charge in [-0.25, -0.2) is 0 Å². The molecule has 0 saturated carbocycles. The summed E-state index contributed by atoms with van der Waals surface area (Å²) in [5, 5.41) is 3.22. The van der Waals surface area contributed by atoms with Crippen molar-refractivity contribution >= 4 is 0 Å². The number of likely N-dealkylation sites (N-methyl/N-ethyl adjacent to an activating group) is 1. The summed E-state index contributed by atoms with van der Waals surface area (Å²) in [6.07, 6.45) is 4.05. The summed E-state index contributed by atoms with van der Waals surface area (Å²) in [6.45, 7) is 4.87. The molecule has 1 aliphatic rings. The van der Waals surface area contributed by atoms with Crippen LogP contribution in [0, 0.1) is 0 Å². The van der Waals surface area contributed by atoms with Crippen molar-refractivity contribution in [2.45, 2.75) is 25.3 Å². The minimum Gasteiger partial charge on any atom is -0.318 e. The molecule has 0 aromatic heterocycles. The summed E-state index contributed by atoms with van der Waals surface area (Å²) in [5.41, 5.74) is 0. The molecular formula is C11H25N3. The van der Waals surface area contributed by atoms with Crippen LogP contribution in [0.15, 0.2) is 0 Å². The highest BCUT2D eigenvalue weighted by atomic mass is 15.2. The third-order valence-corrected chi connectivity index (χ3v) is 3.20. The number of hydrogen-bond donors (Lipinski definition) is 1. The largest absolute Gasteiger partial charge is 0.318 e. The number of hydrogen-bond acceptors (Lipinski definition) is 3. The predicted molar refractivity (Wildman–Crippen MR) is 61.7 cm³/mol. The molecule has 1 rings (SSSR count). The fraction of sp³-hybridized carbons (Fsp3) is 1.00. The van der Waals surface area contributed by atoms with Crippen LogP contribution >= 0.6 is 0 Å². The van der Waals surface area contributed by atoms with E-state index in [4.69, 9.17) is 0 Å². The molecule has 14 heavy (non-hydrogen) atoms. The molecule has 0 radical (unpaired) electrons. The Bertz CT molecular complexity index is 147.